The summed E-state index contributed by atoms with van der Waals surface area (Å²) in [6.45, 7) is 0.998. The Morgan fingerprint density at radius 1 is 1.80 bits per heavy atom. The molecule has 4 nitrogen and oxygen atoms in total. The Morgan fingerprint density at radius 2 is 2.70 bits per heavy atom. The normalized spacial score (nSPS) is 10.1. The molecule has 1 rings (SSSR count). The van der Waals surface area contributed by atoms with E-state index < -0.39 is 0 Å². The molecule has 0 aliphatic carbocycles. The highest BCUT2D eigenvalue weighted by atomic mass is 32.2. The molecular weight excluding hydrogens is 148 g/mol. The predicted molar refractivity (Wildman–Crippen MR) is 41.0 cm³/mol. The lowest BCUT2D eigenvalue weighted by Gasteiger charge is -1.93. The maximum atomic E-state index is 3.89. The number of nitrogens with one attached hydrogen (secondary N) is 2. The topological polar surface area (TPSA) is 53.6 Å². The van der Waals surface area contributed by atoms with Gasteiger partial charge in [-0.15, -0.1) is 16.9 Å². The van der Waals surface area contributed by atoms with Crippen molar-refractivity contribution in [1.82, 2.24) is 20.7 Å². The van der Waals surface area contributed by atoms with Crippen molar-refractivity contribution in [2.24, 2.45) is 0 Å². The van der Waals surface area contributed by atoms with Crippen molar-refractivity contribution in [1.29, 1.82) is 0 Å². The highest BCUT2D eigenvalue weighted by Crippen LogP contribution is 2.10. The Balaban J connectivity index is 2.15. The lowest BCUT2D eigenvalue weighted by atomic mass is 10.8. The van der Waals surface area contributed by atoms with Gasteiger partial charge in [-0.25, -0.2) is 0 Å². The fourth-order valence-corrected chi connectivity index (χ4v) is 1.27. The number of nitrogens with zero attached hydrogens (tertiary/aromatic N) is 2. The first-order valence-corrected chi connectivity index (χ1v) is 4.05. The van der Waals surface area contributed by atoms with Gasteiger partial charge in [-0.1, -0.05) is 0 Å². The maximum absolute atomic E-state index is 3.89. The van der Waals surface area contributed by atoms with E-state index in [1.165, 1.54) is 0 Å². The van der Waals surface area contributed by atoms with Crippen molar-refractivity contribution in [3.63, 3.8) is 0 Å². The van der Waals surface area contributed by atoms with Gasteiger partial charge in [0.05, 0.1) is 6.20 Å². The summed E-state index contributed by atoms with van der Waals surface area (Å²) in [5.74, 6) is 1.03. The van der Waals surface area contributed by atoms with E-state index in [-0.39, 0.29) is 0 Å². The summed E-state index contributed by atoms with van der Waals surface area (Å²) < 4.78 is 0. The second-order valence-corrected chi connectivity index (χ2v) is 2.88. The third-order valence-electron chi connectivity index (χ3n) is 0.995. The summed E-state index contributed by atoms with van der Waals surface area (Å²) in [5.41, 5.74) is 0. The Labute approximate surface area is 63.8 Å². The highest BCUT2D eigenvalue weighted by Gasteiger charge is 1.93. The fourth-order valence-electron chi connectivity index (χ4n) is 0.518. The van der Waals surface area contributed by atoms with E-state index in [1.807, 2.05) is 7.05 Å². The molecule has 0 fully saturated rings. The lowest BCUT2D eigenvalue weighted by Crippen LogP contribution is -2.09. The van der Waals surface area contributed by atoms with Crippen LogP contribution in [-0.4, -0.2) is 34.8 Å². The van der Waals surface area contributed by atoms with E-state index in [2.05, 4.69) is 20.7 Å². The molecule has 0 unspecified atom stereocenters. The molecule has 5 heteroatoms. The van der Waals surface area contributed by atoms with Crippen molar-refractivity contribution in [2.75, 3.05) is 19.3 Å². The highest BCUT2D eigenvalue weighted by molar-refractivity contribution is 7.99. The summed E-state index contributed by atoms with van der Waals surface area (Å²) in [4.78, 5) is 0. The third-order valence-corrected chi connectivity index (χ3v) is 1.90. The fraction of sp³-hybridized carbons (Fsp3) is 0.600. The average Bonchev–Trinajstić information content (AvgIpc) is 2.41. The number of rotatable bonds is 4. The van der Waals surface area contributed by atoms with Gasteiger partial charge in [0.1, 0.15) is 5.03 Å². The average molecular weight is 158 g/mol. The van der Waals surface area contributed by atoms with Gasteiger partial charge in [0, 0.05) is 12.3 Å². The minimum absolute atomic E-state index is 0.954. The molecule has 0 radical (unpaired) electrons. The van der Waals surface area contributed by atoms with Crippen LogP contribution in [0.2, 0.25) is 0 Å². The van der Waals surface area contributed by atoms with Gasteiger partial charge in [0.15, 0.2) is 0 Å². The van der Waals surface area contributed by atoms with Gasteiger partial charge < -0.3 is 5.32 Å². The van der Waals surface area contributed by atoms with E-state index >= 15 is 0 Å². The van der Waals surface area contributed by atoms with Gasteiger partial charge in [-0.3, -0.25) is 0 Å². The summed E-state index contributed by atoms with van der Waals surface area (Å²) in [5, 5.41) is 14.1. The number of thioether (sulfide) groups is 1. The number of aromatic amines is 1. The standard InChI is InChI=1S/C5H10N4S/c1-6-2-3-10-5-4-7-9-8-5/h4,6H,2-3H2,1H3,(H,7,8,9). The van der Waals surface area contributed by atoms with Gasteiger partial charge in [0.25, 0.3) is 0 Å². The molecule has 0 amide bonds. The number of aromatic nitrogens is 3. The summed E-state index contributed by atoms with van der Waals surface area (Å²) >= 11 is 1.68. The molecule has 56 valence electrons. The zero-order valence-electron chi connectivity index (χ0n) is 5.79. The van der Waals surface area contributed by atoms with Crippen LogP contribution in [0.3, 0.4) is 0 Å². The molecule has 0 aliphatic rings. The van der Waals surface area contributed by atoms with Gasteiger partial charge in [-0.05, 0) is 7.05 Å². The van der Waals surface area contributed by atoms with E-state index in [9.17, 15) is 0 Å². The molecular formula is C5H10N4S. The van der Waals surface area contributed by atoms with Crippen LogP contribution < -0.4 is 5.32 Å². The van der Waals surface area contributed by atoms with Gasteiger partial charge in [0.2, 0.25) is 0 Å². The summed E-state index contributed by atoms with van der Waals surface area (Å²) in [7, 11) is 1.93. The van der Waals surface area contributed by atoms with Crippen LogP contribution in [0.1, 0.15) is 0 Å². The lowest BCUT2D eigenvalue weighted by molar-refractivity contribution is 0.868. The van der Waals surface area contributed by atoms with Crippen molar-refractivity contribution in [3.8, 4) is 0 Å². The maximum Gasteiger partial charge on any atom is 0.138 e. The number of hydrogen-bond acceptors (Lipinski definition) is 4. The summed E-state index contributed by atoms with van der Waals surface area (Å²) in [6, 6.07) is 0. The van der Waals surface area contributed by atoms with E-state index in [4.69, 9.17) is 0 Å². The minimum Gasteiger partial charge on any atom is -0.319 e. The Hall–Kier alpha value is -0.550. The van der Waals surface area contributed by atoms with Crippen LogP contribution in [0.5, 0.6) is 0 Å². The van der Waals surface area contributed by atoms with E-state index in [0.29, 0.717) is 0 Å². The van der Waals surface area contributed by atoms with Gasteiger partial charge >= 0.3 is 0 Å². The molecule has 10 heavy (non-hydrogen) atoms. The second kappa shape index (κ2) is 4.29. The Kier molecular flexibility index (Phi) is 3.25. The van der Waals surface area contributed by atoms with Crippen LogP contribution in [-0.2, 0) is 0 Å². The Bertz CT molecular complexity index is 162. The first-order chi connectivity index (χ1) is 4.93. The first kappa shape index (κ1) is 7.56. The van der Waals surface area contributed by atoms with Gasteiger partial charge in [-0.2, -0.15) is 10.3 Å². The zero-order chi connectivity index (χ0) is 7.23. The molecule has 0 aromatic carbocycles. The van der Waals surface area contributed by atoms with Crippen LogP contribution in [0.25, 0.3) is 0 Å². The zero-order valence-corrected chi connectivity index (χ0v) is 6.61. The van der Waals surface area contributed by atoms with Crippen LogP contribution in [0.15, 0.2) is 11.2 Å². The molecule has 0 bridgehead atoms. The molecule has 1 aromatic heterocycles. The Morgan fingerprint density at radius 3 is 3.30 bits per heavy atom. The third kappa shape index (κ3) is 2.36. The first-order valence-electron chi connectivity index (χ1n) is 3.06. The van der Waals surface area contributed by atoms with E-state index in [1.54, 1.807) is 18.0 Å². The molecule has 1 aromatic rings. The summed E-state index contributed by atoms with van der Waals surface area (Å²) in [6.07, 6.45) is 1.72. The number of hydrogen-bond donors (Lipinski definition) is 2. The monoisotopic (exact) mass is 158 g/mol. The molecule has 0 aliphatic heterocycles. The second-order valence-electron chi connectivity index (χ2n) is 1.76. The molecule has 0 atom stereocenters. The van der Waals surface area contributed by atoms with Crippen molar-refractivity contribution >= 4 is 11.8 Å². The molecule has 1 heterocycles. The van der Waals surface area contributed by atoms with Crippen LogP contribution in [0.4, 0.5) is 0 Å². The van der Waals surface area contributed by atoms with E-state index in [0.717, 1.165) is 17.3 Å². The van der Waals surface area contributed by atoms with Crippen LogP contribution >= 0.6 is 11.8 Å². The SMILES string of the molecule is CNCCSc1cn[nH]n1. The predicted octanol–water partition coefficient (Wildman–Crippen LogP) is 0.116. The molecule has 0 saturated carbocycles. The van der Waals surface area contributed by atoms with Crippen molar-refractivity contribution in [2.45, 2.75) is 5.03 Å². The minimum atomic E-state index is 0.954. The van der Waals surface area contributed by atoms with Crippen molar-refractivity contribution in [3.05, 3.63) is 6.20 Å². The van der Waals surface area contributed by atoms with Crippen LogP contribution in [0, 0.1) is 0 Å². The quantitative estimate of drug-likeness (QED) is 0.482. The largest absolute Gasteiger partial charge is 0.319 e. The molecule has 2 N–H and O–H groups in total. The van der Waals surface area contributed by atoms with Crippen molar-refractivity contribution < 1.29 is 0 Å². The smallest absolute Gasteiger partial charge is 0.138 e. The molecule has 0 saturated heterocycles. The number of H-pyrrole nitrogens is 1. The molecule has 0 spiro atoms.